The number of nitrogens with zero attached hydrogens (tertiary/aromatic N) is 4. The van der Waals surface area contributed by atoms with E-state index in [0.29, 0.717) is 10.6 Å². The minimum Gasteiger partial charge on any atom is -0.260 e. The highest BCUT2D eigenvalue weighted by Crippen LogP contribution is 2.27. The first kappa shape index (κ1) is 16.8. The maximum Gasteiger partial charge on any atom is 0.416 e. The van der Waals surface area contributed by atoms with Gasteiger partial charge in [-0.15, -0.1) is 12.6 Å². The summed E-state index contributed by atoms with van der Waals surface area (Å²) >= 11 is 7.51. The summed E-state index contributed by atoms with van der Waals surface area (Å²) in [5.41, 5.74) is -0.233. The predicted molar refractivity (Wildman–Crippen MR) is 82.8 cm³/mol. The molecule has 4 nitrogen and oxygen atoms in total. The van der Waals surface area contributed by atoms with Crippen LogP contribution in [0.25, 0.3) is 0 Å². The van der Waals surface area contributed by atoms with Crippen LogP contribution in [0.15, 0.2) is 50.1 Å². The molecule has 0 radical (unpaired) electrons. The topological polar surface area (TPSA) is 42.5 Å². The van der Waals surface area contributed by atoms with Gasteiger partial charge < -0.3 is 0 Å². The standard InChI is InChI=1S/C13H10BrF3N4S/c1-18-21-3-2-8(13(15,16)17)4-12(21)20-7-10-11(22)5-9(14)6-19-10/h2-6,22H,1,7H2/b20-12-. The molecule has 22 heavy (non-hydrogen) atoms. The van der Waals surface area contributed by atoms with Crippen LogP contribution in [0.1, 0.15) is 11.3 Å². The van der Waals surface area contributed by atoms with Gasteiger partial charge in [-0.05, 0) is 34.1 Å². The lowest BCUT2D eigenvalue weighted by molar-refractivity contribution is -0.137. The molecule has 0 saturated heterocycles. The van der Waals surface area contributed by atoms with Gasteiger partial charge >= 0.3 is 6.18 Å². The van der Waals surface area contributed by atoms with E-state index in [9.17, 15) is 13.2 Å². The zero-order chi connectivity index (χ0) is 16.3. The molecule has 0 amide bonds. The Kier molecular flexibility index (Phi) is 5.07. The van der Waals surface area contributed by atoms with E-state index in [4.69, 9.17) is 0 Å². The predicted octanol–water partition coefficient (Wildman–Crippen LogP) is 3.52. The van der Waals surface area contributed by atoms with Gasteiger partial charge in [0.1, 0.15) is 5.49 Å². The largest absolute Gasteiger partial charge is 0.416 e. The smallest absolute Gasteiger partial charge is 0.260 e. The first-order valence-corrected chi connectivity index (χ1v) is 7.16. The zero-order valence-corrected chi connectivity index (χ0v) is 13.5. The van der Waals surface area contributed by atoms with Crippen molar-refractivity contribution in [1.82, 2.24) is 9.66 Å². The van der Waals surface area contributed by atoms with Crippen molar-refractivity contribution in [2.45, 2.75) is 17.6 Å². The van der Waals surface area contributed by atoms with Gasteiger partial charge in [0.05, 0.1) is 17.8 Å². The van der Waals surface area contributed by atoms with Gasteiger partial charge in [-0.25, -0.2) is 4.68 Å². The number of pyridine rings is 2. The third kappa shape index (κ3) is 3.98. The second-order valence-electron chi connectivity index (χ2n) is 4.19. The SMILES string of the molecule is C=Nn1ccc(C(F)(F)F)c/c1=N/Cc1ncc(Br)cc1S. The van der Waals surface area contributed by atoms with E-state index in [1.165, 1.54) is 0 Å². The molecule has 0 N–H and O–H groups in total. The van der Waals surface area contributed by atoms with Gasteiger partial charge in [0.15, 0.2) is 0 Å². The molecular formula is C13H10BrF3N4S. The van der Waals surface area contributed by atoms with Gasteiger partial charge in [0.25, 0.3) is 0 Å². The Morgan fingerprint density at radius 2 is 2.09 bits per heavy atom. The van der Waals surface area contributed by atoms with Crippen molar-refractivity contribution in [3.8, 4) is 0 Å². The monoisotopic (exact) mass is 390 g/mol. The first-order chi connectivity index (χ1) is 10.3. The van der Waals surface area contributed by atoms with Crippen LogP contribution in [-0.4, -0.2) is 16.4 Å². The lowest BCUT2D eigenvalue weighted by atomic mass is 10.2. The molecule has 0 saturated carbocycles. The minimum absolute atomic E-state index is 0.0299. The third-order valence-corrected chi connectivity index (χ3v) is 3.52. The van der Waals surface area contributed by atoms with Crippen LogP contribution in [0.3, 0.4) is 0 Å². The molecule has 0 spiro atoms. The fourth-order valence-corrected chi connectivity index (χ4v) is 2.40. The molecule has 2 aromatic heterocycles. The van der Waals surface area contributed by atoms with Crippen molar-refractivity contribution in [2.24, 2.45) is 10.1 Å². The number of alkyl halides is 3. The number of thiol groups is 1. The zero-order valence-electron chi connectivity index (χ0n) is 11.0. The van der Waals surface area contributed by atoms with Crippen LogP contribution < -0.4 is 5.49 Å². The number of aromatic nitrogens is 2. The number of hydrogen-bond donors (Lipinski definition) is 1. The van der Waals surface area contributed by atoms with Crippen LogP contribution >= 0.6 is 28.6 Å². The molecule has 0 aliphatic heterocycles. The van der Waals surface area contributed by atoms with E-state index < -0.39 is 11.7 Å². The third-order valence-electron chi connectivity index (χ3n) is 2.70. The minimum atomic E-state index is -4.45. The molecule has 2 rings (SSSR count). The Morgan fingerprint density at radius 3 is 2.68 bits per heavy atom. The summed E-state index contributed by atoms with van der Waals surface area (Å²) in [5.74, 6) is 0. The van der Waals surface area contributed by atoms with Crippen LogP contribution in [0.2, 0.25) is 0 Å². The molecule has 2 aromatic rings. The highest BCUT2D eigenvalue weighted by molar-refractivity contribution is 9.10. The first-order valence-electron chi connectivity index (χ1n) is 5.92. The Balaban J connectivity index is 2.43. The van der Waals surface area contributed by atoms with E-state index in [-0.39, 0.29) is 12.0 Å². The highest BCUT2D eigenvalue weighted by atomic mass is 79.9. The summed E-state index contributed by atoms with van der Waals surface area (Å²) in [6.07, 6.45) is -1.73. The Hall–Kier alpha value is -1.61. The number of rotatable bonds is 3. The van der Waals surface area contributed by atoms with Gasteiger partial charge in [0.2, 0.25) is 0 Å². The lowest BCUT2D eigenvalue weighted by Crippen LogP contribution is -2.20. The molecule has 0 bridgehead atoms. The maximum atomic E-state index is 12.7. The Labute approximate surface area is 138 Å². The van der Waals surface area contributed by atoms with Crippen LogP contribution in [0, 0.1) is 0 Å². The maximum absolute atomic E-state index is 12.7. The molecule has 0 aromatic carbocycles. The molecular weight excluding hydrogens is 381 g/mol. The summed E-state index contributed by atoms with van der Waals surface area (Å²) in [4.78, 5) is 8.83. The molecule has 116 valence electrons. The number of hydrogen-bond acceptors (Lipinski definition) is 4. The molecule has 2 heterocycles. The summed E-state index contributed by atoms with van der Waals surface area (Å²) in [7, 11) is 0. The van der Waals surface area contributed by atoms with Crippen molar-refractivity contribution >= 4 is 35.3 Å². The molecule has 0 aliphatic carbocycles. The van der Waals surface area contributed by atoms with E-state index in [1.807, 2.05) is 0 Å². The Bertz CT molecular complexity index is 771. The van der Waals surface area contributed by atoms with Gasteiger partial charge in [-0.2, -0.15) is 18.3 Å². The summed E-state index contributed by atoms with van der Waals surface area (Å²) in [6, 6.07) is 3.55. The summed E-state index contributed by atoms with van der Waals surface area (Å²) in [5, 5.41) is 3.60. The second kappa shape index (κ2) is 6.66. The van der Waals surface area contributed by atoms with Crippen LogP contribution in [0.5, 0.6) is 0 Å². The molecule has 0 aliphatic rings. The second-order valence-corrected chi connectivity index (χ2v) is 5.59. The average molecular weight is 391 g/mol. The average Bonchev–Trinajstić information content (AvgIpc) is 2.45. The van der Waals surface area contributed by atoms with Crippen molar-refractivity contribution < 1.29 is 13.2 Å². The van der Waals surface area contributed by atoms with Gasteiger partial charge in [0, 0.05) is 28.5 Å². The van der Waals surface area contributed by atoms with E-state index in [1.54, 1.807) is 12.3 Å². The summed E-state index contributed by atoms with van der Waals surface area (Å²) in [6.45, 7) is 3.37. The highest BCUT2D eigenvalue weighted by Gasteiger charge is 2.30. The fraction of sp³-hybridized carbons (Fsp3) is 0.154. The Morgan fingerprint density at radius 1 is 1.36 bits per heavy atom. The van der Waals surface area contributed by atoms with E-state index in [2.05, 4.69) is 50.4 Å². The van der Waals surface area contributed by atoms with Gasteiger partial charge in [-0.3, -0.25) is 9.98 Å². The number of halogens is 4. The molecule has 0 fully saturated rings. The van der Waals surface area contributed by atoms with Crippen LogP contribution in [-0.2, 0) is 12.7 Å². The molecule has 9 heteroatoms. The molecule has 0 unspecified atom stereocenters. The van der Waals surface area contributed by atoms with Crippen molar-refractivity contribution in [1.29, 1.82) is 0 Å². The van der Waals surface area contributed by atoms with Crippen molar-refractivity contribution in [3.63, 3.8) is 0 Å². The van der Waals surface area contributed by atoms with Crippen molar-refractivity contribution in [2.75, 3.05) is 0 Å². The van der Waals surface area contributed by atoms with Gasteiger partial charge in [-0.1, -0.05) is 0 Å². The van der Waals surface area contributed by atoms with Crippen molar-refractivity contribution in [3.05, 3.63) is 51.8 Å². The molecule has 0 atom stereocenters. The van der Waals surface area contributed by atoms with Crippen LogP contribution in [0.4, 0.5) is 13.2 Å². The van der Waals surface area contributed by atoms with E-state index >= 15 is 0 Å². The fourth-order valence-electron chi connectivity index (χ4n) is 1.63. The normalized spacial score (nSPS) is 12.5. The van der Waals surface area contributed by atoms with E-state index in [0.717, 1.165) is 27.5 Å². The summed E-state index contributed by atoms with van der Waals surface area (Å²) < 4.78 is 40.2. The lowest BCUT2D eigenvalue weighted by Gasteiger charge is -2.08. The quantitative estimate of drug-likeness (QED) is 0.632.